The summed E-state index contributed by atoms with van der Waals surface area (Å²) in [6, 6.07) is 0. The SMILES string of the molecule is CCCC(C)OCC.CCCCOCC.CCOC(=O)C(=O)CC.CCOC(=O)C(C)CC.CCOCCCCCC(=O)CC. The van der Waals surface area contributed by atoms with Gasteiger partial charge < -0.3 is 23.7 Å². The lowest BCUT2D eigenvalue weighted by molar-refractivity contribution is -0.153. The maximum Gasteiger partial charge on any atom is 0.374 e. The van der Waals surface area contributed by atoms with Gasteiger partial charge in [0.2, 0.25) is 5.78 Å². The molecule has 9 nitrogen and oxygen atoms in total. The number of rotatable bonds is 22. The third-order valence-electron chi connectivity index (χ3n) is 5.96. The Morgan fingerprint density at radius 3 is 1.53 bits per heavy atom. The zero-order valence-electron chi connectivity index (χ0n) is 31.6. The smallest absolute Gasteiger partial charge is 0.374 e. The van der Waals surface area contributed by atoms with Crippen LogP contribution in [0.3, 0.4) is 0 Å². The summed E-state index contributed by atoms with van der Waals surface area (Å²) in [5.74, 6) is -0.826. The number of ether oxygens (including phenoxy) is 5. The van der Waals surface area contributed by atoms with Gasteiger partial charge in [0.15, 0.2) is 0 Å². The number of carbonyl (C=O) groups is 4. The number of esters is 2. The molecule has 0 heterocycles. The normalized spacial score (nSPS) is 10.9. The predicted octanol–water partition coefficient (Wildman–Crippen LogP) is 8.72. The summed E-state index contributed by atoms with van der Waals surface area (Å²) in [7, 11) is 0. The molecular formula is C36H74O9. The second-order valence-corrected chi connectivity index (χ2v) is 10.1. The molecule has 272 valence electrons. The van der Waals surface area contributed by atoms with Gasteiger partial charge in [0.25, 0.3) is 0 Å². The lowest BCUT2D eigenvalue weighted by atomic mass is 10.1. The van der Waals surface area contributed by atoms with E-state index in [0.717, 1.165) is 65.1 Å². The predicted molar refractivity (Wildman–Crippen MR) is 186 cm³/mol. The molecule has 0 aromatic rings. The fourth-order valence-electron chi connectivity index (χ4n) is 3.00. The van der Waals surface area contributed by atoms with Crippen LogP contribution in [0.4, 0.5) is 0 Å². The van der Waals surface area contributed by atoms with Crippen molar-refractivity contribution in [2.45, 2.75) is 160 Å². The second-order valence-electron chi connectivity index (χ2n) is 10.1. The first-order chi connectivity index (χ1) is 21.5. The maximum absolute atomic E-state index is 10.9. The van der Waals surface area contributed by atoms with Gasteiger partial charge in [0.05, 0.1) is 25.2 Å². The van der Waals surface area contributed by atoms with Crippen LogP contribution < -0.4 is 0 Å². The molecule has 0 rings (SSSR count). The zero-order valence-corrected chi connectivity index (χ0v) is 31.6. The average Bonchev–Trinajstić information content (AvgIpc) is 3.03. The average molecular weight is 651 g/mol. The Morgan fingerprint density at radius 1 is 0.578 bits per heavy atom. The van der Waals surface area contributed by atoms with E-state index in [-0.39, 0.29) is 24.9 Å². The summed E-state index contributed by atoms with van der Waals surface area (Å²) in [5, 5.41) is 0. The Labute approximate surface area is 278 Å². The molecule has 0 aromatic heterocycles. The Kier molecular flexibility index (Phi) is 54.5. The fourth-order valence-corrected chi connectivity index (χ4v) is 3.00. The molecule has 0 saturated carbocycles. The minimum Gasteiger partial charge on any atom is -0.466 e. The first-order valence-corrected chi connectivity index (χ1v) is 17.6. The highest BCUT2D eigenvalue weighted by atomic mass is 16.5. The number of hydrogen-bond acceptors (Lipinski definition) is 9. The van der Waals surface area contributed by atoms with Gasteiger partial charge in [-0.05, 0) is 73.6 Å². The van der Waals surface area contributed by atoms with E-state index in [0.29, 0.717) is 24.9 Å². The number of unbranched alkanes of at least 4 members (excludes halogenated alkanes) is 3. The zero-order chi connectivity index (χ0) is 35.7. The molecule has 0 aliphatic heterocycles. The summed E-state index contributed by atoms with van der Waals surface area (Å²) < 4.78 is 24.7. The minimum absolute atomic E-state index is 0.0601. The molecule has 0 N–H and O–H groups in total. The van der Waals surface area contributed by atoms with E-state index in [4.69, 9.17) is 18.9 Å². The van der Waals surface area contributed by atoms with Gasteiger partial charge in [-0.25, -0.2) is 4.79 Å². The quantitative estimate of drug-likeness (QED) is 0.0644. The van der Waals surface area contributed by atoms with Gasteiger partial charge in [-0.15, -0.1) is 0 Å². The van der Waals surface area contributed by atoms with Crippen LogP contribution in [0.2, 0.25) is 0 Å². The fraction of sp³-hybridized carbons (Fsp3) is 0.889. The van der Waals surface area contributed by atoms with E-state index in [1.807, 2.05) is 48.5 Å². The molecule has 0 bridgehead atoms. The summed E-state index contributed by atoms with van der Waals surface area (Å²) in [5.41, 5.74) is 0. The van der Waals surface area contributed by atoms with Gasteiger partial charge >= 0.3 is 11.9 Å². The monoisotopic (exact) mass is 651 g/mol. The third kappa shape index (κ3) is 52.0. The van der Waals surface area contributed by atoms with Gasteiger partial charge in [0.1, 0.15) is 5.78 Å². The molecule has 2 atom stereocenters. The molecule has 9 heteroatoms. The second kappa shape index (κ2) is 46.6. The van der Waals surface area contributed by atoms with Crippen LogP contribution >= 0.6 is 0 Å². The number of carbonyl (C=O) groups excluding carboxylic acids is 4. The molecular weight excluding hydrogens is 576 g/mol. The lowest BCUT2D eigenvalue weighted by Crippen LogP contribution is -2.15. The van der Waals surface area contributed by atoms with Crippen LogP contribution in [0, 0.1) is 5.92 Å². The topological polar surface area (TPSA) is 114 Å². The van der Waals surface area contributed by atoms with E-state index >= 15 is 0 Å². The van der Waals surface area contributed by atoms with Crippen molar-refractivity contribution >= 4 is 23.5 Å². The summed E-state index contributed by atoms with van der Waals surface area (Å²) >= 11 is 0. The van der Waals surface area contributed by atoms with Gasteiger partial charge in [0, 0.05) is 52.3 Å². The maximum atomic E-state index is 10.9. The number of ketones is 2. The van der Waals surface area contributed by atoms with Crippen LogP contribution in [0.15, 0.2) is 0 Å². The van der Waals surface area contributed by atoms with Crippen molar-refractivity contribution in [1.82, 2.24) is 0 Å². The number of hydrogen-bond donors (Lipinski definition) is 0. The van der Waals surface area contributed by atoms with Crippen molar-refractivity contribution < 1.29 is 42.9 Å². The first-order valence-electron chi connectivity index (χ1n) is 17.6. The Bertz CT molecular complexity index is 614. The van der Waals surface area contributed by atoms with E-state index < -0.39 is 11.8 Å². The van der Waals surface area contributed by atoms with Gasteiger partial charge in [-0.1, -0.05) is 60.8 Å². The molecule has 45 heavy (non-hydrogen) atoms. The van der Waals surface area contributed by atoms with E-state index in [1.165, 1.54) is 25.7 Å². The van der Waals surface area contributed by atoms with Crippen LogP contribution in [0.5, 0.6) is 0 Å². The Hall–Kier alpha value is -1.84. The third-order valence-corrected chi connectivity index (χ3v) is 5.96. The van der Waals surface area contributed by atoms with Crippen molar-refractivity contribution in [3.8, 4) is 0 Å². The van der Waals surface area contributed by atoms with Crippen LogP contribution in [-0.2, 0) is 42.9 Å². The van der Waals surface area contributed by atoms with E-state index in [1.54, 1.807) is 13.8 Å². The van der Waals surface area contributed by atoms with Crippen molar-refractivity contribution in [2.75, 3.05) is 46.2 Å². The minimum atomic E-state index is -0.722. The Balaban J connectivity index is -0.000000150. The standard InChI is InChI=1S/C10H20O2.C7H14O2.C7H16O.C6H10O3.C6H14O/c1-3-10(11)8-6-5-7-9-12-4-2;1-4-6(3)7(8)9-5-2;1-4-6-7(3)8-5-2;1-3-5(7)6(8)9-4-2;1-3-5-6-7-4-2/h3-9H2,1-2H3;6H,4-5H2,1-3H3;7H,4-6H2,1-3H3;3-4H2,1-2H3;3-6H2,1-2H3. The summed E-state index contributed by atoms with van der Waals surface area (Å²) in [4.78, 5) is 42.5. The molecule has 2 unspecified atom stereocenters. The molecule has 0 amide bonds. The Morgan fingerprint density at radius 2 is 1.13 bits per heavy atom. The van der Waals surface area contributed by atoms with Crippen LogP contribution in [0.1, 0.15) is 154 Å². The van der Waals surface area contributed by atoms with Crippen LogP contribution in [-0.4, -0.2) is 75.9 Å². The van der Waals surface area contributed by atoms with Crippen molar-refractivity contribution in [3.63, 3.8) is 0 Å². The molecule has 0 aliphatic carbocycles. The van der Waals surface area contributed by atoms with E-state index in [9.17, 15) is 19.2 Å². The molecule has 0 aromatic carbocycles. The molecule has 0 saturated heterocycles. The summed E-state index contributed by atoms with van der Waals surface area (Å²) in [6.07, 6.45) is 11.1. The molecule has 0 aliphatic rings. The molecule has 0 spiro atoms. The number of Topliss-reactive ketones (excluding diaryl/α,β-unsaturated/α-hetero) is 2. The van der Waals surface area contributed by atoms with Crippen molar-refractivity contribution in [2.24, 2.45) is 5.92 Å². The van der Waals surface area contributed by atoms with E-state index in [2.05, 4.69) is 25.5 Å². The van der Waals surface area contributed by atoms with Gasteiger partial charge in [-0.2, -0.15) is 0 Å². The van der Waals surface area contributed by atoms with Gasteiger partial charge in [-0.3, -0.25) is 14.4 Å². The molecule has 0 fully saturated rings. The molecule has 0 radical (unpaired) electrons. The first kappa shape index (κ1) is 52.7. The largest absolute Gasteiger partial charge is 0.466 e. The van der Waals surface area contributed by atoms with Crippen molar-refractivity contribution in [3.05, 3.63) is 0 Å². The highest BCUT2D eigenvalue weighted by Gasteiger charge is 2.10. The van der Waals surface area contributed by atoms with Crippen LogP contribution in [0.25, 0.3) is 0 Å². The van der Waals surface area contributed by atoms with Crippen molar-refractivity contribution in [1.29, 1.82) is 0 Å². The highest BCUT2D eigenvalue weighted by Crippen LogP contribution is 2.03. The summed E-state index contributed by atoms with van der Waals surface area (Å²) in [6.45, 7) is 28.4. The lowest BCUT2D eigenvalue weighted by Gasteiger charge is -2.08. The highest BCUT2D eigenvalue weighted by molar-refractivity contribution is 6.33.